The summed E-state index contributed by atoms with van der Waals surface area (Å²) in [6.45, 7) is 5.19. The third-order valence-corrected chi connectivity index (χ3v) is 4.56. The lowest BCUT2D eigenvalue weighted by Crippen LogP contribution is -2.58. The Labute approximate surface area is 119 Å². The topological polar surface area (TPSA) is 70.1 Å². The van der Waals surface area contributed by atoms with Gasteiger partial charge in [0.05, 0.1) is 5.92 Å². The summed E-state index contributed by atoms with van der Waals surface area (Å²) in [5.74, 6) is -0.489. The van der Waals surface area contributed by atoms with E-state index in [4.69, 9.17) is 9.84 Å². The Kier molecular flexibility index (Phi) is 4.86. The van der Waals surface area contributed by atoms with Crippen LogP contribution in [0.1, 0.15) is 19.8 Å². The van der Waals surface area contributed by atoms with Gasteiger partial charge in [-0.1, -0.05) is 6.92 Å². The first-order valence-corrected chi connectivity index (χ1v) is 7.28. The van der Waals surface area contributed by atoms with Gasteiger partial charge in [-0.3, -0.25) is 4.79 Å². The summed E-state index contributed by atoms with van der Waals surface area (Å²) >= 11 is 0. The lowest BCUT2D eigenvalue weighted by atomic mass is 9.87. The molecule has 2 aliphatic rings. The molecule has 2 fully saturated rings. The minimum absolute atomic E-state index is 0.0645. The fraction of sp³-hybridized carbons (Fsp3) is 0.857. The Balaban J connectivity index is 1.73. The highest BCUT2D eigenvalue weighted by Gasteiger charge is 2.39. The first-order valence-electron chi connectivity index (χ1n) is 7.28. The van der Waals surface area contributed by atoms with Gasteiger partial charge < -0.3 is 19.6 Å². The number of likely N-dealkylation sites (tertiary alicyclic amines) is 2. The summed E-state index contributed by atoms with van der Waals surface area (Å²) in [6.07, 6.45) is 1.98. The second kappa shape index (κ2) is 6.43. The number of urea groups is 1. The number of hydrogen-bond acceptors (Lipinski definition) is 3. The Hall–Kier alpha value is -1.30. The number of amides is 2. The number of carboxylic acids is 1. The average Bonchev–Trinajstić information content (AvgIpc) is 2.37. The number of nitrogens with zero attached hydrogens (tertiary/aromatic N) is 2. The quantitative estimate of drug-likeness (QED) is 0.840. The molecular weight excluding hydrogens is 260 g/mol. The van der Waals surface area contributed by atoms with Crippen molar-refractivity contribution in [2.45, 2.75) is 19.8 Å². The molecule has 0 aliphatic carbocycles. The van der Waals surface area contributed by atoms with Crippen LogP contribution in [0.2, 0.25) is 0 Å². The van der Waals surface area contributed by atoms with Gasteiger partial charge in [0.2, 0.25) is 0 Å². The van der Waals surface area contributed by atoms with Crippen molar-refractivity contribution in [1.82, 2.24) is 9.80 Å². The SMILES string of the molecule is COCC1CCN(C(=O)N2CC(C(C)C(=O)O)C2)CC1. The zero-order valence-corrected chi connectivity index (χ0v) is 12.2. The normalized spacial score (nSPS) is 22.5. The van der Waals surface area contributed by atoms with Gasteiger partial charge in [-0.05, 0) is 18.8 Å². The van der Waals surface area contributed by atoms with Crippen molar-refractivity contribution in [2.75, 3.05) is 39.9 Å². The van der Waals surface area contributed by atoms with E-state index in [0.29, 0.717) is 19.0 Å². The number of methoxy groups -OCH3 is 1. The summed E-state index contributed by atoms with van der Waals surface area (Å²) in [7, 11) is 1.71. The monoisotopic (exact) mass is 284 g/mol. The second-order valence-electron chi connectivity index (χ2n) is 5.96. The number of carbonyl (C=O) groups is 2. The van der Waals surface area contributed by atoms with Crippen LogP contribution in [0.4, 0.5) is 4.79 Å². The van der Waals surface area contributed by atoms with E-state index in [2.05, 4.69) is 0 Å². The van der Waals surface area contributed by atoms with Crippen LogP contribution in [-0.4, -0.2) is 66.8 Å². The van der Waals surface area contributed by atoms with E-state index in [1.807, 2.05) is 4.90 Å². The Morgan fingerprint density at radius 1 is 1.25 bits per heavy atom. The summed E-state index contributed by atoms with van der Waals surface area (Å²) in [5.41, 5.74) is 0. The number of ether oxygens (including phenoxy) is 1. The van der Waals surface area contributed by atoms with Gasteiger partial charge in [-0.15, -0.1) is 0 Å². The minimum Gasteiger partial charge on any atom is -0.481 e. The van der Waals surface area contributed by atoms with E-state index < -0.39 is 5.97 Å². The van der Waals surface area contributed by atoms with Crippen LogP contribution >= 0.6 is 0 Å². The van der Waals surface area contributed by atoms with Crippen LogP contribution in [0.15, 0.2) is 0 Å². The lowest BCUT2D eigenvalue weighted by Gasteiger charge is -2.44. The molecular formula is C14H24N2O4. The maximum absolute atomic E-state index is 12.3. The number of rotatable bonds is 4. The molecule has 2 saturated heterocycles. The molecule has 0 aromatic heterocycles. The smallest absolute Gasteiger partial charge is 0.320 e. The molecule has 0 bridgehead atoms. The fourth-order valence-corrected chi connectivity index (χ4v) is 2.91. The third kappa shape index (κ3) is 3.23. The summed E-state index contributed by atoms with van der Waals surface area (Å²) in [6, 6.07) is 0.0645. The van der Waals surface area contributed by atoms with Gasteiger partial charge in [-0.25, -0.2) is 4.79 Å². The first-order chi connectivity index (χ1) is 9.52. The van der Waals surface area contributed by atoms with E-state index in [-0.39, 0.29) is 17.9 Å². The van der Waals surface area contributed by atoms with Crippen LogP contribution in [-0.2, 0) is 9.53 Å². The fourth-order valence-electron chi connectivity index (χ4n) is 2.91. The van der Waals surface area contributed by atoms with Crippen LogP contribution in [0, 0.1) is 17.8 Å². The van der Waals surface area contributed by atoms with Crippen molar-refractivity contribution in [3.05, 3.63) is 0 Å². The van der Waals surface area contributed by atoms with Crippen molar-refractivity contribution < 1.29 is 19.4 Å². The molecule has 6 heteroatoms. The molecule has 2 heterocycles. The predicted octanol–water partition coefficient (Wildman–Crippen LogP) is 1.12. The molecule has 2 amide bonds. The summed E-state index contributed by atoms with van der Waals surface area (Å²) in [5, 5.41) is 8.94. The van der Waals surface area contributed by atoms with Crippen molar-refractivity contribution >= 4 is 12.0 Å². The molecule has 114 valence electrons. The number of carboxylic acid groups (broad SMARTS) is 1. The van der Waals surface area contributed by atoms with Crippen LogP contribution < -0.4 is 0 Å². The molecule has 0 radical (unpaired) electrons. The number of hydrogen-bond donors (Lipinski definition) is 1. The zero-order chi connectivity index (χ0) is 14.7. The molecule has 0 spiro atoms. The molecule has 1 N–H and O–H groups in total. The lowest BCUT2D eigenvalue weighted by molar-refractivity contribution is -0.144. The van der Waals surface area contributed by atoms with Crippen molar-refractivity contribution in [1.29, 1.82) is 0 Å². The molecule has 2 rings (SSSR count). The van der Waals surface area contributed by atoms with E-state index in [0.717, 1.165) is 32.5 Å². The molecule has 2 aliphatic heterocycles. The van der Waals surface area contributed by atoms with Crippen molar-refractivity contribution in [3.63, 3.8) is 0 Å². The highest BCUT2D eigenvalue weighted by Crippen LogP contribution is 2.26. The van der Waals surface area contributed by atoms with Crippen LogP contribution in [0.3, 0.4) is 0 Å². The van der Waals surface area contributed by atoms with Crippen molar-refractivity contribution in [3.8, 4) is 0 Å². The summed E-state index contributed by atoms with van der Waals surface area (Å²) in [4.78, 5) is 26.8. The second-order valence-corrected chi connectivity index (χ2v) is 5.96. The van der Waals surface area contributed by atoms with Crippen LogP contribution in [0.25, 0.3) is 0 Å². The van der Waals surface area contributed by atoms with Gasteiger partial charge in [0, 0.05) is 45.8 Å². The van der Waals surface area contributed by atoms with Crippen LogP contribution in [0.5, 0.6) is 0 Å². The Morgan fingerprint density at radius 3 is 2.35 bits per heavy atom. The minimum atomic E-state index is -0.775. The molecule has 6 nitrogen and oxygen atoms in total. The molecule has 1 unspecified atom stereocenters. The molecule has 0 aromatic rings. The van der Waals surface area contributed by atoms with E-state index in [1.54, 1.807) is 18.9 Å². The van der Waals surface area contributed by atoms with Crippen molar-refractivity contribution in [2.24, 2.45) is 17.8 Å². The third-order valence-electron chi connectivity index (χ3n) is 4.56. The first kappa shape index (κ1) is 15.1. The van der Waals surface area contributed by atoms with E-state index >= 15 is 0 Å². The highest BCUT2D eigenvalue weighted by atomic mass is 16.5. The Morgan fingerprint density at radius 2 is 1.85 bits per heavy atom. The number of aliphatic carboxylic acids is 1. The number of piperidine rings is 1. The number of carbonyl (C=O) groups excluding carboxylic acids is 1. The van der Waals surface area contributed by atoms with E-state index in [1.165, 1.54) is 0 Å². The summed E-state index contributed by atoms with van der Waals surface area (Å²) < 4.78 is 5.15. The largest absolute Gasteiger partial charge is 0.481 e. The molecule has 0 aromatic carbocycles. The van der Waals surface area contributed by atoms with E-state index in [9.17, 15) is 9.59 Å². The van der Waals surface area contributed by atoms with Gasteiger partial charge >= 0.3 is 12.0 Å². The van der Waals surface area contributed by atoms with Gasteiger partial charge in [-0.2, -0.15) is 0 Å². The maximum Gasteiger partial charge on any atom is 0.320 e. The highest BCUT2D eigenvalue weighted by molar-refractivity contribution is 5.76. The zero-order valence-electron chi connectivity index (χ0n) is 12.2. The van der Waals surface area contributed by atoms with Gasteiger partial charge in [0.25, 0.3) is 0 Å². The predicted molar refractivity (Wildman–Crippen MR) is 73.4 cm³/mol. The molecule has 20 heavy (non-hydrogen) atoms. The maximum atomic E-state index is 12.3. The standard InChI is InChI=1S/C14H24N2O4/c1-10(13(17)18)12-7-16(8-12)14(19)15-5-3-11(4-6-15)9-20-2/h10-12H,3-9H2,1-2H3,(H,17,18). The molecule has 0 saturated carbocycles. The van der Waals surface area contributed by atoms with Gasteiger partial charge in [0.1, 0.15) is 0 Å². The average molecular weight is 284 g/mol. The molecule has 1 atom stereocenters. The Bertz CT molecular complexity index is 360. The van der Waals surface area contributed by atoms with Gasteiger partial charge in [0.15, 0.2) is 0 Å².